The maximum Gasteiger partial charge on any atom is 0.134 e. The molecule has 0 aliphatic carbocycles. The van der Waals surface area contributed by atoms with Crippen molar-refractivity contribution in [3.05, 3.63) is 62.6 Å². The first kappa shape index (κ1) is 16.1. The van der Waals surface area contributed by atoms with Crippen LogP contribution in [0.15, 0.2) is 34.8 Å². The van der Waals surface area contributed by atoms with Crippen LogP contribution >= 0.6 is 15.9 Å². The maximum atomic E-state index is 5.99. The zero-order valence-electron chi connectivity index (χ0n) is 13.1. The van der Waals surface area contributed by atoms with Crippen LogP contribution in [0, 0.1) is 20.8 Å². The number of hydrogen-bond donors (Lipinski definition) is 1. The van der Waals surface area contributed by atoms with Crippen molar-refractivity contribution in [1.82, 2.24) is 5.32 Å². The predicted molar refractivity (Wildman–Crippen MR) is 91.9 cm³/mol. The summed E-state index contributed by atoms with van der Waals surface area (Å²) in [6, 6.07) is 10.6. The number of nitrogens with one attached hydrogen (secondary N) is 1. The Morgan fingerprint density at radius 3 is 2.29 bits per heavy atom. The second-order valence-electron chi connectivity index (χ2n) is 5.46. The first-order valence-electron chi connectivity index (χ1n) is 7.14. The molecule has 0 spiro atoms. The van der Waals surface area contributed by atoms with Gasteiger partial charge in [-0.25, -0.2) is 0 Å². The molecule has 2 aromatic rings. The molecule has 0 fully saturated rings. The molecule has 112 valence electrons. The lowest BCUT2D eigenvalue weighted by molar-refractivity contribution is 0.302. The monoisotopic (exact) mass is 347 g/mol. The van der Waals surface area contributed by atoms with Crippen LogP contribution in [0.1, 0.15) is 27.8 Å². The SMILES string of the molecule is CNCc1ccc(OCc2c(C)cc(C)cc2C)c(Br)c1. The predicted octanol–water partition coefficient (Wildman–Crippen LogP) is 4.67. The number of aryl methyl sites for hydroxylation is 3. The molecule has 3 heteroatoms. The van der Waals surface area contributed by atoms with Gasteiger partial charge in [0.15, 0.2) is 0 Å². The zero-order valence-corrected chi connectivity index (χ0v) is 14.7. The Morgan fingerprint density at radius 1 is 1.05 bits per heavy atom. The number of rotatable bonds is 5. The number of ether oxygens (including phenoxy) is 1. The highest BCUT2D eigenvalue weighted by molar-refractivity contribution is 9.10. The Morgan fingerprint density at radius 2 is 1.71 bits per heavy atom. The summed E-state index contributed by atoms with van der Waals surface area (Å²) in [4.78, 5) is 0. The molecule has 0 aliphatic heterocycles. The third-order valence-electron chi connectivity index (χ3n) is 3.59. The van der Waals surface area contributed by atoms with E-state index in [1.165, 1.54) is 27.8 Å². The summed E-state index contributed by atoms with van der Waals surface area (Å²) in [5, 5.41) is 3.15. The minimum atomic E-state index is 0.599. The minimum Gasteiger partial charge on any atom is -0.488 e. The average Bonchev–Trinajstić information content (AvgIpc) is 2.40. The summed E-state index contributed by atoms with van der Waals surface area (Å²) < 4.78 is 6.99. The summed E-state index contributed by atoms with van der Waals surface area (Å²) in [5.74, 6) is 0.884. The van der Waals surface area contributed by atoms with E-state index < -0.39 is 0 Å². The molecule has 2 aromatic carbocycles. The molecule has 2 nitrogen and oxygen atoms in total. The smallest absolute Gasteiger partial charge is 0.134 e. The summed E-state index contributed by atoms with van der Waals surface area (Å²) in [6.45, 7) is 7.87. The van der Waals surface area contributed by atoms with Crippen molar-refractivity contribution in [2.75, 3.05) is 7.05 Å². The molecule has 0 unspecified atom stereocenters. The first-order chi connectivity index (χ1) is 10.0. The van der Waals surface area contributed by atoms with Gasteiger partial charge < -0.3 is 10.1 Å². The summed E-state index contributed by atoms with van der Waals surface area (Å²) >= 11 is 3.59. The fourth-order valence-electron chi connectivity index (χ4n) is 2.56. The fraction of sp³-hybridized carbons (Fsp3) is 0.333. The molecule has 0 heterocycles. The summed E-state index contributed by atoms with van der Waals surface area (Å²) in [7, 11) is 1.95. The highest BCUT2D eigenvalue weighted by Gasteiger charge is 2.07. The van der Waals surface area contributed by atoms with Crippen molar-refractivity contribution in [1.29, 1.82) is 0 Å². The van der Waals surface area contributed by atoms with E-state index in [-0.39, 0.29) is 0 Å². The normalized spacial score (nSPS) is 10.7. The lowest BCUT2D eigenvalue weighted by Gasteiger charge is -2.14. The Bertz CT molecular complexity index is 614. The molecule has 0 aromatic heterocycles. The van der Waals surface area contributed by atoms with E-state index in [1.54, 1.807) is 0 Å². The van der Waals surface area contributed by atoms with Gasteiger partial charge >= 0.3 is 0 Å². The van der Waals surface area contributed by atoms with Crippen molar-refractivity contribution < 1.29 is 4.74 Å². The largest absolute Gasteiger partial charge is 0.488 e. The topological polar surface area (TPSA) is 21.3 Å². The fourth-order valence-corrected chi connectivity index (χ4v) is 3.10. The molecule has 0 saturated heterocycles. The Balaban J connectivity index is 2.13. The average molecular weight is 348 g/mol. The third kappa shape index (κ3) is 4.08. The molecule has 0 saturated carbocycles. The number of benzene rings is 2. The molecule has 0 radical (unpaired) electrons. The zero-order chi connectivity index (χ0) is 15.4. The standard InChI is InChI=1S/C18H22BrNO/c1-12-7-13(2)16(14(3)8-12)11-21-18-6-5-15(10-20-4)9-17(18)19/h5-9,20H,10-11H2,1-4H3. The van der Waals surface area contributed by atoms with Gasteiger partial charge in [0, 0.05) is 6.54 Å². The van der Waals surface area contributed by atoms with Crippen LogP contribution in [0.25, 0.3) is 0 Å². The van der Waals surface area contributed by atoms with Crippen LogP contribution in [0.2, 0.25) is 0 Å². The van der Waals surface area contributed by atoms with Crippen LogP contribution in [0.5, 0.6) is 5.75 Å². The van der Waals surface area contributed by atoms with E-state index >= 15 is 0 Å². The molecular formula is C18H22BrNO. The van der Waals surface area contributed by atoms with Crippen molar-refractivity contribution in [2.45, 2.75) is 33.9 Å². The minimum absolute atomic E-state index is 0.599. The van der Waals surface area contributed by atoms with E-state index in [2.05, 4.69) is 66.3 Å². The molecular weight excluding hydrogens is 326 g/mol. The van der Waals surface area contributed by atoms with E-state index in [9.17, 15) is 0 Å². The van der Waals surface area contributed by atoms with Gasteiger partial charge in [-0.2, -0.15) is 0 Å². The first-order valence-corrected chi connectivity index (χ1v) is 7.93. The van der Waals surface area contributed by atoms with Gasteiger partial charge in [0.1, 0.15) is 12.4 Å². The summed E-state index contributed by atoms with van der Waals surface area (Å²) in [6.07, 6.45) is 0. The van der Waals surface area contributed by atoms with Crippen LogP contribution in [0.4, 0.5) is 0 Å². The molecule has 2 rings (SSSR count). The maximum absolute atomic E-state index is 5.99. The molecule has 0 amide bonds. The molecule has 1 N–H and O–H groups in total. The third-order valence-corrected chi connectivity index (χ3v) is 4.21. The van der Waals surface area contributed by atoms with E-state index in [1.807, 2.05) is 13.1 Å². The van der Waals surface area contributed by atoms with E-state index in [0.717, 1.165) is 16.8 Å². The second kappa shape index (κ2) is 7.10. The van der Waals surface area contributed by atoms with E-state index in [0.29, 0.717) is 6.61 Å². The van der Waals surface area contributed by atoms with E-state index in [4.69, 9.17) is 4.74 Å². The number of halogens is 1. The van der Waals surface area contributed by atoms with Crippen LogP contribution in [-0.2, 0) is 13.2 Å². The molecule has 0 bridgehead atoms. The van der Waals surface area contributed by atoms with Crippen molar-refractivity contribution >= 4 is 15.9 Å². The van der Waals surface area contributed by atoms with Gasteiger partial charge in [0.2, 0.25) is 0 Å². The Labute approximate surface area is 135 Å². The number of hydrogen-bond acceptors (Lipinski definition) is 2. The van der Waals surface area contributed by atoms with Crippen LogP contribution < -0.4 is 10.1 Å². The van der Waals surface area contributed by atoms with Gasteiger partial charge in [-0.15, -0.1) is 0 Å². The van der Waals surface area contributed by atoms with Crippen LogP contribution in [0.3, 0.4) is 0 Å². The highest BCUT2D eigenvalue weighted by atomic mass is 79.9. The van der Waals surface area contributed by atoms with Crippen LogP contribution in [-0.4, -0.2) is 7.05 Å². The van der Waals surface area contributed by atoms with Gasteiger partial charge in [0.05, 0.1) is 4.47 Å². The van der Waals surface area contributed by atoms with Crippen molar-refractivity contribution in [3.63, 3.8) is 0 Å². The second-order valence-corrected chi connectivity index (χ2v) is 6.32. The van der Waals surface area contributed by atoms with Gasteiger partial charge in [0.25, 0.3) is 0 Å². The molecule has 0 atom stereocenters. The molecule has 0 aliphatic rings. The lowest BCUT2D eigenvalue weighted by atomic mass is 10.0. The van der Waals surface area contributed by atoms with Gasteiger partial charge in [-0.05, 0) is 78.1 Å². The van der Waals surface area contributed by atoms with Gasteiger partial charge in [-0.3, -0.25) is 0 Å². The van der Waals surface area contributed by atoms with Crippen molar-refractivity contribution in [2.24, 2.45) is 0 Å². The van der Waals surface area contributed by atoms with Crippen molar-refractivity contribution in [3.8, 4) is 5.75 Å². The van der Waals surface area contributed by atoms with Gasteiger partial charge in [-0.1, -0.05) is 23.8 Å². The Kier molecular flexibility index (Phi) is 5.43. The Hall–Kier alpha value is -1.32. The quantitative estimate of drug-likeness (QED) is 0.848. The summed E-state index contributed by atoms with van der Waals surface area (Å²) in [5.41, 5.74) is 6.38. The highest BCUT2D eigenvalue weighted by Crippen LogP contribution is 2.28. The lowest BCUT2D eigenvalue weighted by Crippen LogP contribution is -2.05. The molecule has 21 heavy (non-hydrogen) atoms.